The first-order valence-electron chi connectivity index (χ1n) is 11.5. The fourth-order valence-electron chi connectivity index (χ4n) is 5.87. The highest BCUT2D eigenvalue weighted by Crippen LogP contribution is 2.55. The molecule has 6 nitrogen and oxygen atoms in total. The second kappa shape index (κ2) is 7.33. The first kappa shape index (κ1) is 22.0. The van der Waals surface area contributed by atoms with Gasteiger partial charge in [0.25, 0.3) is 5.91 Å². The highest BCUT2D eigenvalue weighted by Gasteiger charge is 2.57. The molecular formula is C24H28F3N5O. The van der Waals surface area contributed by atoms with Gasteiger partial charge in [0, 0.05) is 42.0 Å². The van der Waals surface area contributed by atoms with Crippen LogP contribution in [0.2, 0.25) is 0 Å². The van der Waals surface area contributed by atoms with E-state index in [1.54, 1.807) is 0 Å². The molecule has 0 bridgehead atoms. The lowest BCUT2D eigenvalue weighted by atomic mass is 9.61. The van der Waals surface area contributed by atoms with Gasteiger partial charge in [-0.25, -0.2) is 0 Å². The number of hydrogen-bond donors (Lipinski definition) is 2. The molecule has 1 fully saturated rings. The van der Waals surface area contributed by atoms with Crippen LogP contribution in [0.25, 0.3) is 0 Å². The number of carbonyl (C=O) groups excluding carboxylic acids is 1. The van der Waals surface area contributed by atoms with Gasteiger partial charge in [0.1, 0.15) is 0 Å². The summed E-state index contributed by atoms with van der Waals surface area (Å²) in [5.74, 6) is -0.346. The van der Waals surface area contributed by atoms with Gasteiger partial charge in [0.2, 0.25) is 0 Å². The largest absolute Gasteiger partial charge is 0.435 e. The Morgan fingerprint density at radius 3 is 2.61 bits per heavy atom. The molecule has 5 rings (SSSR count). The van der Waals surface area contributed by atoms with Gasteiger partial charge in [0.15, 0.2) is 11.9 Å². The molecule has 4 aliphatic heterocycles. The van der Waals surface area contributed by atoms with Gasteiger partial charge in [-0.3, -0.25) is 4.79 Å². The molecule has 2 N–H and O–H groups in total. The Morgan fingerprint density at radius 2 is 1.94 bits per heavy atom. The Balaban J connectivity index is 1.79. The number of alkyl halides is 3. The normalized spacial score (nSPS) is 28.6. The number of amides is 1. The van der Waals surface area contributed by atoms with Crippen LogP contribution >= 0.6 is 0 Å². The molecule has 4 aliphatic rings. The van der Waals surface area contributed by atoms with E-state index in [0.29, 0.717) is 23.3 Å². The molecule has 0 radical (unpaired) electrons. The molecule has 0 saturated carbocycles. The zero-order chi connectivity index (χ0) is 23.6. The summed E-state index contributed by atoms with van der Waals surface area (Å²) in [5.41, 5.74) is -0.154. The summed E-state index contributed by atoms with van der Waals surface area (Å²) in [6.45, 7) is 7.47. The quantitative estimate of drug-likeness (QED) is 0.689. The molecular weight excluding hydrogens is 431 g/mol. The Labute approximate surface area is 191 Å². The Hall–Kier alpha value is -2.84. The molecule has 1 aromatic carbocycles. The summed E-state index contributed by atoms with van der Waals surface area (Å²) in [6, 6.07) is 7.65. The zero-order valence-corrected chi connectivity index (χ0v) is 19.0. The van der Waals surface area contributed by atoms with Gasteiger partial charge < -0.3 is 15.5 Å². The first-order valence-corrected chi connectivity index (χ1v) is 11.5. The van der Waals surface area contributed by atoms with Crippen molar-refractivity contribution in [2.45, 2.75) is 69.8 Å². The molecule has 0 aromatic heterocycles. The van der Waals surface area contributed by atoms with Gasteiger partial charge in [-0.2, -0.15) is 18.3 Å². The number of nitrogens with zero attached hydrogens (tertiary/aromatic N) is 3. The van der Waals surface area contributed by atoms with Crippen LogP contribution < -0.4 is 15.5 Å². The highest BCUT2D eigenvalue weighted by atomic mass is 19.4. The molecule has 2 unspecified atom stereocenters. The van der Waals surface area contributed by atoms with Gasteiger partial charge in [-0.15, -0.1) is 5.11 Å². The van der Waals surface area contributed by atoms with Crippen molar-refractivity contribution in [1.82, 2.24) is 10.6 Å². The van der Waals surface area contributed by atoms with Gasteiger partial charge in [-0.05, 0) is 50.8 Å². The van der Waals surface area contributed by atoms with Crippen molar-refractivity contribution in [3.8, 4) is 0 Å². The minimum absolute atomic E-state index is 0.0182. The predicted molar refractivity (Wildman–Crippen MR) is 119 cm³/mol. The molecule has 4 heterocycles. The SMILES string of the molecule is CCC1(c2cccc(N3CCCC3)c2)C2=C(CC(C)(C)NC2=O)NC2N=NC(C(F)(F)F)=C21. The van der Waals surface area contributed by atoms with Crippen LogP contribution in [-0.4, -0.2) is 36.9 Å². The van der Waals surface area contributed by atoms with Crippen LogP contribution in [0.3, 0.4) is 0 Å². The third kappa shape index (κ3) is 3.35. The third-order valence-electron chi connectivity index (χ3n) is 7.21. The maximum Gasteiger partial charge on any atom is 0.435 e. The van der Waals surface area contributed by atoms with Crippen LogP contribution in [0.4, 0.5) is 18.9 Å². The first-order chi connectivity index (χ1) is 15.6. The maximum absolute atomic E-state index is 14.1. The fourth-order valence-corrected chi connectivity index (χ4v) is 5.87. The summed E-state index contributed by atoms with van der Waals surface area (Å²) in [4.78, 5) is 15.7. The lowest BCUT2D eigenvalue weighted by Crippen LogP contribution is -2.58. The van der Waals surface area contributed by atoms with Gasteiger partial charge >= 0.3 is 6.18 Å². The Morgan fingerprint density at radius 1 is 1.21 bits per heavy atom. The van der Waals surface area contributed by atoms with Crippen molar-refractivity contribution in [1.29, 1.82) is 0 Å². The van der Waals surface area contributed by atoms with E-state index in [0.717, 1.165) is 31.6 Å². The van der Waals surface area contributed by atoms with E-state index in [-0.39, 0.29) is 17.9 Å². The standard InChI is InChI=1S/C24H28F3N5O/c1-4-23(14-8-7-9-15(12-14)32-10-5-6-11-32)17-16(13-22(2,3)29-21(17)33)28-20-18(23)19(30-31-20)24(25,26)27/h7-9,12,20,28H,4-6,10-11,13H2,1-3H3,(H,29,33). The van der Waals surface area contributed by atoms with Crippen molar-refractivity contribution in [3.63, 3.8) is 0 Å². The molecule has 2 atom stereocenters. The summed E-state index contributed by atoms with van der Waals surface area (Å²) >= 11 is 0. The van der Waals surface area contributed by atoms with Gasteiger partial charge in [-0.1, -0.05) is 19.1 Å². The van der Waals surface area contributed by atoms with Crippen LogP contribution in [0.15, 0.2) is 57.0 Å². The molecule has 9 heteroatoms. The number of anilines is 1. The van der Waals surface area contributed by atoms with Crippen molar-refractivity contribution in [2.24, 2.45) is 10.2 Å². The second-order valence-corrected chi connectivity index (χ2v) is 9.89. The zero-order valence-electron chi connectivity index (χ0n) is 19.0. The molecule has 1 saturated heterocycles. The molecule has 0 spiro atoms. The second-order valence-electron chi connectivity index (χ2n) is 9.89. The van der Waals surface area contributed by atoms with Crippen molar-refractivity contribution < 1.29 is 18.0 Å². The number of fused-ring (bicyclic) bond motifs is 1. The van der Waals surface area contributed by atoms with Crippen LogP contribution in [-0.2, 0) is 10.2 Å². The van der Waals surface area contributed by atoms with E-state index in [4.69, 9.17) is 0 Å². The summed E-state index contributed by atoms with van der Waals surface area (Å²) in [5, 5.41) is 13.7. The Kier molecular flexibility index (Phi) is 4.88. The number of benzene rings is 1. The minimum atomic E-state index is -4.68. The minimum Gasteiger partial charge on any atom is -0.372 e. The van der Waals surface area contributed by atoms with E-state index < -0.39 is 29.0 Å². The van der Waals surface area contributed by atoms with Crippen molar-refractivity contribution >= 4 is 11.6 Å². The maximum atomic E-state index is 14.1. The van der Waals surface area contributed by atoms with Crippen molar-refractivity contribution in [3.05, 3.63) is 52.4 Å². The smallest absolute Gasteiger partial charge is 0.372 e. The Bertz CT molecular complexity index is 1100. The third-order valence-corrected chi connectivity index (χ3v) is 7.21. The molecule has 33 heavy (non-hydrogen) atoms. The number of carbonyl (C=O) groups is 1. The average molecular weight is 460 g/mol. The topological polar surface area (TPSA) is 69.1 Å². The predicted octanol–water partition coefficient (Wildman–Crippen LogP) is 4.70. The molecule has 176 valence electrons. The number of azo groups is 1. The molecule has 1 aromatic rings. The van der Waals surface area contributed by atoms with E-state index in [1.807, 2.05) is 45.0 Å². The number of nitrogens with one attached hydrogen (secondary N) is 2. The molecule has 0 aliphatic carbocycles. The van der Waals surface area contributed by atoms with Crippen molar-refractivity contribution in [2.75, 3.05) is 18.0 Å². The average Bonchev–Trinajstić information content (AvgIpc) is 3.41. The van der Waals surface area contributed by atoms with Crippen LogP contribution in [0.5, 0.6) is 0 Å². The van der Waals surface area contributed by atoms with Gasteiger partial charge in [0.05, 0.1) is 11.0 Å². The summed E-state index contributed by atoms with van der Waals surface area (Å²) in [7, 11) is 0. The summed E-state index contributed by atoms with van der Waals surface area (Å²) in [6.07, 6.45) is -2.70. The number of halogens is 3. The monoisotopic (exact) mass is 459 g/mol. The molecule has 1 amide bonds. The number of rotatable bonds is 3. The number of hydrogen-bond acceptors (Lipinski definition) is 5. The van der Waals surface area contributed by atoms with Crippen LogP contribution in [0.1, 0.15) is 52.0 Å². The van der Waals surface area contributed by atoms with Crippen LogP contribution in [0, 0.1) is 0 Å². The highest BCUT2D eigenvalue weighted by molar-refractivity contribution is 6.00. The summed E-state index contributed by atoms with van der Waals surface area (Å²) < 4.78 is 42.4. The van der Waals surface area contributed by atoms with E-state index in [1.165, 1.54) is 0 Å². The van der Waals surface area contributed by atoms with E-state index in [2.05, 4.69) is 25.8 Å². The lowest BCUT2D eigenvalue weighted by Gasteiger charge is -2.48. The van der Waals surface area contributed by atoms with E-state index in [9.17, 15) is 18.0 Å². The number of allylic oxidation sites excluding steroid dienone is 1. The van der Waals surface area contributed by atoms with E-state index >= 15 is 0 Å². The lowest BCUT2D eigenvalue weighted by molar-refractivity contribution is -0.120. The fraction of sp³-hybridized carbons (Fsp3) is 0.542.